The van der Waals surface area contributed by atoms with Crippen molar-refractivity contribution < 1.29 is 9.53 Å². The third-order valence-electron chi connectivity index (χ3n) is 2.01. The minimum atomic E-state index is -0.163. The van der Waals surface area contributed by atoms with Gasteiger partial charge in [0.1, 0.15) is 0 Å². The number of ether oxygens (including phenoxy) is 1. The van der Waals surface area contributed by atoms with Crippen molar-refractivity contribution >= 4 is 21.9 Å². The normalized spacial score (nSPS) is 10.1. The SMILES string of the molecule is CCOC(=O)Cc1cc(C)cc(CBr)c1. The van der Waals surface area contributed by atoms with Crippen molar-refractivity contribution in [3.63, 3.8) is 0 Å². The third-order valence-corrected chi connectivity index (χ3v) is 2.65. The van der Waals surface area contributed by atoms with Gasteiger partial charge in [-0.25, -0.2) is 0 Å². The average molecular weight is 271 g/mol. The molecule has 1 aromatic carbocycles. The maximum Gasteiger partial charge on any atom is 0.310 e. The Morgan fingerprint density at radius 2 is 2.00 bits per heavy atom. The Balaban J connectivity index is 2.76. The lowest BCUT2D eigenvalue weighted by molar-refractivity contribution is -0.142. The van der Waals surface area contributed by atoms with Crippen molar-refractivity contribution in [1.82, 2.24) is 0 Å². The molecule has 0 aliphatic heterocycles. The second-order valence-electron chi connectivity index (χ2n) is 3.44. The van der Waals surface area contributed by atoms with Gasteiger partial charge in [-0.1, -0.05) is 39.7 Å². The zero-order chi connectivity index (χ0) is 11.3. The Hall–Kier alpha value is -0.830. The van der Waals surface area contributed by atoms with Crippen LogP contribution in [0.1, 0.15) is 23.6 Å². The highest BCUT2D eigenvalue weighted by molar-refractivity contribution is 9.08. The minimum Gasteiger partial charge on any atom is -0.466 e. The molecule has 0 aromatic heterocycles. The molecule has 0 amide bonds. The van der Waals surface area contributed by atoms with Gasteiger partial charge in [0, 0.05) is 5.33 Å². The molecule has 0 atom stereocenters. The lowest BCUT2D eigenvalue weighted by Crippen LogP contribution is -2.07. The molecule has 0 bridgehead atoms. The predicted octanol–water partition coefficient (Wildman–Crippen LogP) is 3.00. The molecule has 2 nitrogen and oxygen atoms in total. The van der Waals surface area contributed by atoms with Gasteiger partial charge in [0.2, 0.25) is 0 Å². The summed E-state index contributed by atoms with van der Waals surface area (Å²) in [7, 11) is 0. The van der Waals surface area contributed by atoms with Crippen LogP contribution in [0.15, 0.2) is 18.2 Å². The molecule has 0 fully saturated rings. The highest BCUT2D eigenvalue weighted by atomic mass is 79.9. The van der Waals surface area contributed by atoms with Crippen LogP contribution in [0.3, 0.4) is 0 Å². The fourth-order valence-corrected chi connectivity index (χ4v) is 1.83. The fraction of sp³-hybridized carbons (Fsp3) is 0.417. The van der Waals surface area contributed by atoms with Crippen LogP contribution in [0.4, 0.5) is 0 Å². The molecule has 82 valence electrons. The van der Waals surface area contributed by atoms with E-state index < -0.39 is 0 Å². The van der Waals surface area contributed by atoms with Gasteiger partial charge in [-0.2, -0.15) is 0 Å². The summed E-state index contributed by atoms with van der Waals surface area (Å²) in [6.45, 7) is 4.29. The number of halogens is 1. The first-order valence-corrected chi connectivity index (χ1v) is 6.09. The van der Waals surface area contributed by atoms with Gasteiger partial charge in [0.25, 0.3) is 0 Å². The summed E-state index contributed by atoms with van der Waals surface area (Å²) in [6.07, 6.45) is 0.357. The van der Waals surface area contributed by atoms with Crippen molar-refractivity contribution in [1.29, 1.82) is 0 Å². The standard InChI is InChI=1S/C12H15BrO2/c1-3-15-12(14)7-10-4-9(2)5-11(6-10)8-13/h4-6H,3,7-8H2,1-2H3. The van der Waals surface area contributed by atoms with Gasteiger partial charge in [-0.15, -0.1) is 0 Å². The van der Waals surface area contributed by atoms with Gasteiger partial charge in [-0.05, 0) is 25.0 Å². The summed E-state index contributed by atoms with van der Waals surface area (Å²) in [6, 6.07) is 6.14. The van der Waals surface area contributed by atoms with Gasteiger partial charge in [0.15, 0.2) is 0 Å². The van der Waals surface area contributed by atoms with Crippen LogP contribution in [0.2, 0.25) is 0 Å². The number of hydrogen-bond acceptors (Lipinski definition) is 2. The summed E-state index contributed by atoms with van der Waals surface area (Å²) in [5.41, 5.74) is 3.38. The first-order chi connectivity index (χ1) is 7.15. The van der Waals surface area contributed by atoms with E-state index in [9.17, 15) is 4.79 Å². The molecule has 0 aliphatic carbocycles. The maximum absolute atomic E-state index is 11.3. The smallest absolute Gasteiger partial charge is 0.310 e. The van der Waals surface area contributed by atoms with Crippen LogP contribution in [0.25, 0.3) is 0 Å². The summed E-state index contributed by atoms with van der Waals surface area (Å²) in [5.74, 6) is -0.163. The molecule has 15 heavy (non-hydrogen) atoms. The Morgan fingerprint density at radius 3 is 2.60 bits per heavy atom. The van der Waals surface area contributed by atoms with Gasteiger partial charge in [0.05, 0.1) is 13.0 Å². The number of carbonyl (C=O) groups excluding carboxylic acids is 1. The van der Waals surface area contributed by atoms with E-state index in [0.29, 0.717) is 13.0 Å². The molecule has 0 saturated heterocycles. The number of benzene rings is 1. The van der Waals surface area contributed by atoms with Crippen molar-refractivity contribution in [2.45, 2.75) is 25.6 Å². The molecule has 1 rings (SSSR count). The van der Waals surface area contributed by atoms with Crippen LogP contribution in [0.5, 0.6) is 0 Å². The Morgan fingerprint density at radius 1 is 1.33 bits per heavy atom. The van der Waals surface area contributed by atoms with Crippen LogP contribution in [-0.4, -0.2) is 12.6 Å². The van der Waals surface area contributed by atoms with Gasteiger partial charge < -0.3 is 4.74 Å². The molecule has 0 heterocycles. The zero-order valence-electron chi connectivity index (χ0n) is 9.05. The van der Waals surface area contributed by atoms with Crippen LogP contribution in [0, 0.1) is 6.92 Å². The van der Waals surface area contributed by atoms with Crippen LogP contribution in [-0.2, 0) is 21.3 Å². The maximum atomic E-state index is 11.3. The summed E-state index contributed by atoms with van der Waals surface area (Å²) < 4.78 is 4.91. The van der Waals surface area contributed by atoms with E-state index in [1.807, 2.05) is 26.0 Å². The Labute approximate surface area is 98.8 Å². The number of hydrogen-bond donors (Lipinski definition) is 0. The number of aryl methyl sites for hydroxylation is 1. The number of esters is 1. The first-order valence-electron chi connectivity index (χ1n) is 4.96. The zero-order valence-corrected chi connectivity index (χ0v) is 10.6. The lowest BCUT2D eigenvalue weighted by Gasteiger charge is -2.05. The number of rotatable bonds is 4. The summed E-state index contributed by atoms with van der Waals surface area (Å²) in [5, 5.41) is 0.810. The van der Waals surface area contributed by atoms with E-state index >= 15 is 0 Å². The molecule has 0 unspecified atom stereocenters. The summed E-state index contributed by atoms with van der Waals surface area (Å²) >= 11 is 3.41. The van der Waals surface area contributed by atoms with E-state index in [0.717, 1.165) is 10.9 Å². The summed E-state index contributed by atoms with van der Waals surface area (Å²) in [4.78, 5) is 11.3. The Bertz CT molecular complexity index is 347. The van der Waals surface area contributed by atoms with E-state index in [4.69, 9.17) is 4.74 Å². The van der Waals surface area contributed by atoms with E-state index in [1.54, 1.807) is 0 Å². The second-order valence-corrected chi connectivity index (χ2v) is 4.00. The fourth-order valence-electron chi connectivity index (χ4n) is 1.51. The first kappa shape index (κ1) is 12.2. The highest BCUT2D eigenvalue weighted by Gasteiger charge is 2.05. The largest absolute Gasteiger partial charge is 0.466 e. The van der Waals surface area contributed by atoms with E-state index in [1.165, 1.54) is 11.1 Å². The molecular weight excluding hydrogens is 256 g/mol. The third kappa shape index (κ3) is 4.04. The van der Waals surface area contributed by atoms with Crippen molar-refractivity contribution in [2.24, 2.45) is 0 Å². The highest BCUT2D eigenvalue weighted by Crippen LogP contribution is 2.13. The quantitative estimate of drug-likeness (QED) is 0.621. The molecule has 0 spiro atoms. The van der Waals surface area contributed by atoms with Crippen molar-refractivity contribution in [3.8, 4) is 0 Å². The minimum absolute atomic E-state index is 0.163. The predicted molar refractivity (Wildman–Crippen MR) is 64.1 cm³/mol. The molecule has 0 N–H and O–H groups in total. The molecule has 1 aromatic rings. The Kier molecular flexibility index (Phi) is 4.82. The molecule has 0 aliphatic rings. The molecule has 0 saturated carbocycles. The second kappa shape index (κ2) is 5.91. The molecular formula is C12H15BrO2. The number of carbonyl (C=O) groups is 1. The van der Waals surface area contributed by atoms with E-state index in [-0.39, 0.29) is 5.97 Å². The van der Waals surface area contributed by atoms with Crippen molar-refractivity contribution in [2.75, 3.05) is 6.61 Å². The van der Waals surface area contributed by atoms with Crippen molar-refractivity contribution in [3.05, 3.63) is 34.9 Å². The molecule has 0 radical (unpaired) electrons. The average Bonchev–Trinajstić information content (AvgIpc) is 2.17. The van der Waals surface area contributed by atoms with Crippen LogP contribution >= 0.6 is 15.9 Å². The van der Waals surface area contributed by atoms with Gasteiger partial charge in [-0.3, -0.25) is 4.79 Å². The topological polar surface area (TPSA) is 26.3 Å². The van der Waals surface area contributed by atoms with Gasteiger partial charge >= 0.3 is 5.97 Å². The molecule has 3 heteroatoms. The number of alkyl halides is 1. The monoisotopic (exact) mass is 270 g/mol. The van der Waals surface area contributed by atoms with Crippen LogP contribution < -0.4 is 0 Å². The lowest BCUT2D eigenvalue weighted by atomic mass is 10.1. The van der Waals surface area contributed by atoms with E-state index in [2.05, 4.69) is 22.0 Å².